The third kappa shape index (κ3) is 2.95. The van der Waals surface area contributed by atoms with E-state index in [2.05, 4.69) is 10.6 Å². The summed E-state index contributed by atoms with van der Waals surface area (Å²) in [7, 11) is 0. The van der Waals surface area contributed by atoms with E-state index in [0.29, 0.717) is 11.4 Å². The lowest BCUT2D eigenvalue weighted by molar-refractivity contribution is -0.145. The number of fused-ring (bicyclic) bond motifs is 2. The topological polar surface area (TPSA) is 105 Å². The minimum absolute atomic E-state index is 0.217. The van der Waals surface area contributed by atoms with Gasteiger partial charge in [0.2, 0.25) is 11.8 Å². The van der Waals surface area contributed by atoms with Gasteiger partial charge in [-0.05, 0) is 18.2 Å². The Balaban J connectivity index is 1.75. The van der Waals surface area contributed by atoms with Crippen LogP contribution in [0.1, 0.15) is 6.92 Å². The SMILES string of the molecule is CC(=O)Nc1cccc(NC(=O)[C@@H]2[C@@H](C(=O)O)[C@@H]3C=C[C@H]2O3)c1. The van der Waals surface area contributed by atoms with Crippen LogP contribution in [0.2, 0.25) is 0 Å². The number of carboxylic acids is 1. The molecule has 0 aliphatic carbocycles. The van der Waals surface area contributed by atoms with E-state index in [-0.39, 0.29) is 5.91 Å². The molecule has 0 radical (unpaired) electrons. The number of aliphatic carboxylic acids is 1. The summed E-state index contributed by atoms with van der Waals surface area (Å²) >= 11 is 0. The van der Waals surface area contributed by atoms with Gasteiger partial charge in [0.25, 0.3) is 0 Å². The fraction of sp³-hybridized carbons (Fsp3) is 0.312. The maximum absolute atomic E-state index is 12.5. The van der Waals surface area contributed by atoms with Gasteiger partial charge in [-0.2, -0.15) is 0 Å². The van der Waals surface area contributed by atoms with E-state index < -0.39 is 35.9 Å². The molecular weight excluding hydrogens is 300 g/mol. The second-order valence-electron chi connectivity index (χ2n) is 5.59. The minimum Gasteiger partial charge on any atom is -0.481 e. The molecule has 7 heteroatoms. The lowest BCUT2D eigenvalue weighted by atomic mass is 9.82. The highest BCUT2D eigenvalue weighted by molar-refractivity contribution is 5.97. The van der Waals surface area contributed by atoms with Gasteiger partial charge in [0.15, 0.2) is 0 Å². The van der Waals surface area contributed by atoms with Crippen molar-refractivity contribution in [1.29, 1.82) is 0 Å². The van der Waals surface area contributed by atoms with Crippen LogP contribution in [0.3, 0.4) is 0 Å². The molecule has 4 atom stereocenters. The van der Waals surface area contributed by atoms with Gasteiger partial charge in [-0.15, -0.1) is 0 Å². The summed E-state index contributed by atoms with van der Waals surface area (Å²) in [6, 6.07) is 6.66. The first-order chi connectivity index (χ1) is 11.0. The van der Waals surface area contributed by atoms with Crippen molar-refractivity contribution in [2.45, 2.75) is 19.1 Å². The van der Waals surface area contributed by atoms with Gasteiger partial charge in [0.1, 0.15) is 5.92 Å². The second kappa shape index (κ2) is 5.85. The second-order valence-corrected chi connectivity index (χ2v) is 5.59. The summed E-state index contributed by atoms with van der Waals surface area (Å²) in [5.74, 6) is -3.33. The van der Waals surface area contributed by atoms with Crippen molar-refractivity contribution in [2.75, 3.05) is 10.6 Å². The Bertz CT molecular complexity index is 699. The molecule has 0 spiro atoms. The summed E-state index contributed by atoms with van der Waals surface area (Å²) in [5.41, 5.74) is 1.03. The van der Waals surface area contributed by atoms with Gasteiger partial charge in [-0.1, -0.05) is 18.2 Å². The van der Waals surface area contributed by atoms with Crippen molar-refractivity contribution < 1.29 is 24.2 Å². The molecule has 120 valence electrons. The van der Waals surface area contributed by atoms with Crippen LogP contribution in [-0.2, 0) is 19.1 Å². The van der Waals surface area contributed by atoms with Gasteiger partial charge in [0, 0.05) is 18.3 Å². The first-order valence-corrected chi connectivity index (χ1v) is 7.21. The van der Waals surface area contributed by atoms with E-state index in [1.54, 1.807) is 36.4 Å². The molecular formula is C16H16N2O5. The maximum Gasteiger partial charge on any atom is 0.310 e. The predicted molar refractivity (Wildman–Crippen MR) is 81.8 cm³/mol. The number of carboxylic acid groups (broad SMARTS) is 1. The van der Waals surface area contributed by atoms with Crippen LogP contribution >= 0.6 is 0 Å². The number of nitrogens with one attached hydrogen (secondary N) is 2. The Morgan fingerprint density at radius 2 is 1.65 bits per heavy atom. The number of ether oxygens (including phenoxy) is 1. The molecule has 2 aliphatic rings. The molecule has 7 nitrogen and oxygen atoms in total. The van der Waals surface area contributed by atoms with Gasteiger partial charge < -0.3 is 20.5 Å². The van der Waals surface area contributed by atoms with E-state index in [0.717, 1.165) is 0 Å². The summed E-state index contributed by atoms with van der Waals surface area (Å²) < 4.78 is 5.48. The van der Waals surface area contributed by atoms with Gasteiger partial charge in [0.05, 0.1) is 18.1 Å². The molecule has 23 heavy (non-hydrogen) atoms. The van der Waals surface area contributed by atoms with E-state index >= 15 is 0 Å². The van der Waals surface area contributed by atoms with Crippen molar-refractivity contribution in [1.82, 2.24) is 0 Å². The third-order valence-electron chi connectivity index (χ3n) is 3.94. The van der Waals surface area contributed by atoms with Gasteiger partial charge in [-0.25, -0.2) is 0 Å². The summed E-state index contributed by atoms with van der Waals surface area (Å²) in [4.78, 5) is 34.9. The molecule has 2 bridgehead atoms. The van der Waals surface area contributed by atoms with Crippen LogP contribution in [0.25, 0.3) is 0 Å². The van der Waals surface area contributed by atoms with Gasteiger partial charge >= 0.3 is 5.97 Å². The Labute approximate surface area is 132 Å². The van der Waals surface area contributed by atoms with E-state index in [9.17, 15) is 19.5 Å². The van der Waals surface area contributed by atoms with Crippen molar-refractivity contribution in [3.8, 4) is 0 Å². The number of amides is 2. The lowest BCUT2D eigenvalue weighted by Crippen LogP contribution is -2.39. The number of benzene rings is 1. The average Bonchev–Trinajstić information content (AvgIpc) is 3.07. The van der Waals surface area contributed by atoms with Crippen molar-refractivity contribution in [2.24, 2.45) is 11.8 Å². The number of carbonyl (C=O) groups is 3. The molecule has 1 aromatic rings. The molecule has 0 aromatic heterocycles. The number of hydrogen-bond acceptors (Lipinski definition) is 4. The Kier molecular flexibility index (Phi) is 3.87. The van der Waals surface area contributed by atoms with Crippen molar-refractivity contribution >= 4 is 29.2 Å². The Morgan fingerprint density at radius 1 is 1.04 bits per heavy atom. The normalized spacial score (nSPS) is 27.7. The molecule has 3 N–H and O–H groups in total. The number of rotatable bonds is 4. The summed E-state index contributed by atoms with van der Waals surface area (Å²) in [5, 5.41) is 14.6. The molecule has 2 amide bonds. The molecule has 0 saturated carbocycles. The monoisotopic (exact) mass is 316 g/mol. The lowest BCUT2D eigenvalue weighted by Gasteiger charge is -2.21. The molecule has 1 aromatic carbocycles. The number of hydrogen-bond donors (Lipinski definition) is 3. The van der Waals surface area contributed by atoms with Gasteiger partial charge in [-0.3, -0.25) is 14.4 Å². The zero-order chi connectivity index (χ0) is 16.6. The highest BCUT2D eigenvalue weighted by Crippen LogP contribution is 2.39. The van der Waals surface area contributed by atoms with E-state index in [4.69, 9.17) is 4.74 Å². The maximum atomic E-state index is 12.5. The first-order valence-electron chi connectivity index (χ1n) is 7.21. The van der Waals surface area contributed by atoms with Crippen molar-refractivity contribution in [3.63, 3.8) is 0 Å². The van der Waals surface area contributed by atoms with Crippen LogP contribution in [0, 0.1) is 11.8 Å². The number of carbonyl (C=O) groups excluding carboxylic acids is 2. The Morgan fingerprint density at radius 3 is 2.26 bits per heavy atom. The van der Waals surface area contributed by atoms with Crippen LogP contribution in [0.4, 0.5) is 11.4 Å². The first kappa shape index (κ1) is 15.2. The van der Waals surface area contributed by atoms with Crippen LogP contribution in [-0.4, -0.2) is 35.1 Å². The fourth-order valence-electron chi connectivity index (χ4n) is 3.02. The zero-order valence-electron chi connectivity index (χ0n) is 12.4. The quantitative estimate of drug-likeness (QED) is 0.725. The van der Waals surface area contributed by atoms with Crippen LogP contribution < -0.4 is 10.6 Å². The fourth-order valence-corrected chi connectivity index (χ4v) is 3.02. The third-order valence-corrected chi connectivity index (χ3v) is 3.94. The zero-order valence-corrected chi connectivity index (χ0v) is 12.4. The van der Waals surface area contributed by atoms with Crippen LogP contribution in [0.5, 0.6) is 0 Å². The molecule has 2 aliphatic heterocycles. The average molecular weight is 316 g/mol. The van der Waals surface area contributed by atoms with E-state index in [1.165, 1.54) is 6.92 Å². The summed E-state index contributed by atoms with van der Waals surface area (Å²) in [6.45, 7) is 1.39. The van der Waals surface area contributed by atoms with E-state index in [1.807, 2.05) is 0 Å². The molecule has 2 heterocycles. The summed E-state index contributed by atoms with van der Waals surface area (Å²) in [6.07, 6.45) is 2.34. The Hall–Kier alpha value is -2.67. The van der Waals surface area contributed by atoms with Crippen LogP contribution in [0.15, 0.2) is 36.4 Å². The highest BCUT2D eigenvalue weighted by Gasteiger charge is 2.53. The molecule has 0 unspecified atom stereocenters. The standard InChI is InChI=1S/C16H16N2O5/c1-8(19)17-9-3-2-4-10(7-9)18-15(20)13-11-5-6-12(23-11)14(13)16(21)22/h2-7,11-14H,1H3,(H,17,19)(H,18,20)(H,21,22)/t11-,12+,13+,14+/m1/s1. The molecule has 1 fully saturated rings. The highest BCUT2D eigenvalue weighted by atomic mass is 16.5. The smallest absolute Gasteiger partial charge is 0.310 e. The number of anilines is 2. The van der Waals surface area contributed by atoms with Crippen molar-refractivity contribution in [3.05, 3.63) is 36.4 Å². The molecule has 3 rings (SSSR count). The largest absolute Gasteiger partial charge is 0.481 e. The molecule has 1 saturated heterocycles. The predicted octanol–water partition coefficient (Wildman–Crippen LogP) is 1.24. The minimum atomic E-state index is -1.05.